The van der Waals surface area contributed by atoms with E-state index in [1.165, 1.54) is 18.2 Å². The summed E-state index contributed by atoms with van der Waals surface area (Å²) in [5.41, 5.74) is 4.55. The fourth-order valence-electron chi connectivity index (χ4n) is 5.40. The Morgan fingerprint density at radius 3 is 2.56 bits per heavy atom. The number of carbonyl (C=O) groups excluding carboxylic acids is 2. The second-order valence-corrected chi connectivity index (χ2v) is 11.0. The van der Waals surface area contributed by atoms with E-state index >= 15 is 0 Å². The van der Waals surface area contributed by atoms with Gasteiger partial charge in [0.25, 0.3) is 0 Å². The molecule has 0 spiro atoms. The molecule has 3 aromatic carbocycles. The minimum atomic E-state index is -1.05. The van der Waals surface area contributed by atoms with Gasteiger partial charge in [-0.15, -0.1) is 5.10 Å². The van der Waals surface area contributed by atoms with Crippen molar-refractivity contribution in [1.29, 1.82) is 0 Å². The van der Waals surface area contributed by atoms with Crippen molar-refractivity contribution < 1.29 is 19.1 Å². The lowest BCUT2D eigenvalue weighted by Gasteiger charge is -2.35. The molecule has 0 radical (unpaired) electrons. The summed E-state index contributed by atoms with van der Waals surface area (Å²) in [6.45, 7) is 5.84. The molecule has 1 aliphatic rings. The molecular weight excluding hydrogens is 518 g/mol. The van der Waals surface area contributed by atoms with Gasteiger partial charge in [-0.05, 0) is 81.0 Å². The van der Waals surface area contributed by atoms with Crippen molar-refractivity contribution in [2.75, 3.05) is 19.1 Å². The summed E-state index contributed by atoms with van der Waals surface area (Å²) in [5.74, 6) is 0.245. The molecule has 0 saturated carbocycles. The van der Waals surface area contributed by atoms with Crippen LogP contribution in [0.1, 0.15) is 56.3 Å². The van der Waals surface area contributed by atoms with Crippen molar-refractivity contribution >= 4 is 28.5 Å². The predicted octanol–water partition coefficient (Wildman–Crippen LogP) is 5.02. The average Bonchev–Trinajstić information content (AvgIpc) is 3.61. The van der Waals surface area contributed by atoms with Crippen molar-refractivity contribution in [3.63, 3.8) is 0 Å². The number of para-hydroxylation sites is 2. The number of amides is 2. The van der Waals surface area contributed by atoms with Gasteiger partial charge >= 0.3 is 0 Å². The molecule has 1 heterocycles. The Morgan fingerprint density at radius 1 is 1.02 bits per heavy atom. The van der Waals surface area contributed by atoms with Gasteiger partial charge in [-0.1, -0.05) is 42.5 Å². The van der Waals surface area contributed by atoms with Crippen LogP contribution in [0.4, 0.5) is 5.69 Å². The Balaban J connectivity index is 1.68. The number of aryl methyl sites for hydroxylation is 2. The van der Waals surface area contributed by atoms with E-state index in [0.717, 1.165) is 24.8 Å². The monoisotopic (exact) mass is 555 g/mol. The lowest BCUT2D eigenvalue weighted by molar-refractivity contribution is -0.128. The van der Waals surface area contributed by atoms with Crippen molar-refractivity contribution in [2.45, 2.75) is 64.6 Å². The number of benzene rings is 3. The molecule has 4 aromatic rings. The summed E-state index contributed by atoms with van der Waals surface area (Å²) in [6.07, 6.45) is 3.71. The summed E-state index contributed by atoms with van der Waals surface area (Å²) in [7, 11) is 3.09. The number of methoxy groups -OCH3 is 2. The third-order valence-electron chi connectivity index (χ3n) is 7.91. The third kappa shape index (κ3) is 5.62. The number of aromatic nitrogens is 3. The van der Waals surface area contributed by atoms with Gasteiger partial charge in [0.15, 0.2) is 11.5 Å². The van der Waals surface area contributed by atoms with E-state index in [1.54, 1.807) is 28.8 Å². The molecule has 5 rings (SSSR count). The molecule has 41 heavy (non-hydrogen) atoms. The lowest BCUT2D eigenvalue weighted by atomic mass is 9.97. The van der Waals surface area contributed by atoms with E-state index < -0.39 is 11.6 Å². The van der Waals surface area contributed by atoms with E-state index in [2.05, 4.69) is 21.7 Å². The van der Waals surface area contributed by atoms with Crippen LogP contribution in [-0.2, 0) is 29.0 Å². The molecule has 0 saturated heterocycles. The topological polar surface area (TPSA) is 98.6 Å². The molecule has 214 valence electrons. The van der Waals surface area contributed by atoms with Gasteiger partial charge in [0.05, 0.1) is 19.7 Å². The number of fused-ring (bicyclic) bond motifs is 2. The van der Waals surface area contributed by atoms with Crippen LogP contribution >= 0.6 is 0 Å². The molecule has 0 aliphatic heterocycles. The van der Waals surface area contributed by atoms with Crippen LogP contribution in [0.3, 0.4) is 0 Å². The van der Waals surface area contributed by atoms with E-state index in [9.17, 15) is 9.59 Å². The number of ether oxygens (including phenoxy) is 2. The summed E-state index contributed by atoms with van der Waals surface area (Å²) < 4.78 is 12.9. The van der Waals surface area contributed by atoms with Crippen LogP contribution in [0.15, 0.2) is 60.7 Å². The first-order valence-electron chi connectivity index (χ1n) is 14.0. The van der Waals surface area contributed by atoms with Gasteiger partial charge in [0, 0.05) is 16.8 Å². The number of nitrogens with one attached hydrogen (secondary N) is 1. The zero-order valence-electron chi connectivity index (χ0n) is 24.3. The van der Waals surface area contributed by atoms with Crippen LogP contribution in [0.25, 0.3) is 11.0 Å². The number of hydrogen-bond donors (Lipinski definition) is 1. The smallest absolute Gasteiger partial charge is 0.249 e. The minimum Gasteiger partial charge on any atom is -0.493 e. The SMILES string of the molecule is CCC(C)(C)NC(=O)[C@@H](c1cccc(OC)c1OC)N(C(=O)Cn1nnc2ccccc21)c1ccc2c(c1)CCC2. The van der Waals surface area contributed by atoms with Crippen molar-refractivity contribution in [2.24, 2.45) is 0 Å². The number of rotatable bonds is 10. The zero-order chi connectivity index (χ0) is 29.1. The maximum Gasteiger partial charge on any atom is 0.249 e. The van der Waals surface area contributed by atoms with Crippen LogP contribution in [0.5, 0.6) is 11.5 Å². The fraction of sp³-hybridized carbons (Fsp3) is 0.375. The number of anilines is 1. The zero-order valence-corrected chi connectivity index (χ0v) is 24.3. The molecule has 9 heteroatoms. The molecule has 0 unspecified atom stereocenters. The van der Waals surface area contributed by atoms with Crippen molar-refractivity contribution in [3.8, 4) is 11.5 Å². The second-order valence-electron chi connectivity index (χ2n) is 11.0. The lowest BCUT2D eigenvalue weighted by Crippen LogP contribution is -2.51. The quantitative estimate of drug-likeness (QED) is 0.295. The highest BCUT2D eigenvalue weighted by molar-refractivity contribution is 6.02. The van der Waals surface area contributed by atoms with Gasteiger partial charge in [-0.25, -0.2) is 4.68 Å². The van der Waals surface area contributed by atoms with E-state index in [0.29, 0.717) is 34.7 Å². The molecular formula is C32H37N5O4. The standard InChI is InChI=1S/C32H37N5O4/c1-6-32(2,3)33-31(39)29(24-13-10-16-27(40-4)30(24)41-5)37(23-18-17-21-11-9-12-22(21)19-23)28(38)20-36-26-15-8-7-14-25(26)34-35-36/h7-8,10,13-19,29H,6,9,11-12,20H2,1-5H3,(H,33,39)/t29-/m1/s1. The summed E-state index contributed by atoms with van der Waals surface area (Å²) in [5, 5.41) is 11.7. The summed E-state index contributed by atoms with van der Waals surface area (Å²) in [4.78, 5) is 30.3. The first-order chi connectivity index (χ1) is 19.8. The Labute approximate surface area is 240 Å². The Bertz CT molecular complexity index is 1580. The molecule has 1 aromatic heterocycles. The maximum absolute atomic E-state index is 14.4. The number of hydrogen-bond acceptors (Lipinski definition) is 6. The summed E-state index contributed by atoms with van der Waals surface area (Å²) in [6, 6.07) is 17.9. The van der Waals surface area contributed by atoms with Crippen LogP contribution in [0.2, 0.25) is 0 Å². The average molecular weight is 556 g/mol. The highest BCUT2D eigenvalue weighted by atomic mass is 16.5. The highest BCUT2D eigenvalue weighted by Crippen LogP contribution is 2.40. The molecule has 1 N–H and O–H groups in total. The Morgan fingerprint density at radius 2 is 1.80 bits per heavy atom. The van der Waals surface area contributed by atoms with Gasteiger partial charge in [-0.3, -0.25) is 14.5 Å². The van der Waals surface area contributed by atoms with Crippen molar-refractivity contribution in [1.82, 2.24) is 20.3 Å². The number of carbonyl (C=O) groups is 2. The molecule has 1 atom stereocenters. The van der Waals surface area contributed by atoms with E-state index in [-0.39, 0.29) is 18.4 Å². The molecule has 0 fully saturated rings. The first-order valence-corrected chi connectivity index (χ1v) is 14.0. The van der Waals surface area contributed by atoms with Crippen molar-refractivity contribution in [3.05, 3.63) is 77.4 Å². The Kier molecular flexibility index (Phi) is 7.97. The van der Waals surface area contributed by atoms with E-state index in [4.69, 9.17) is 9.47 Å². The molecule has 0 bridgehead atoms. The number of nitrogens with zero attached hydrogens (tertiary/aromatic N) is 4. The van der Waals surface area contributed by atoms with Gasteiger partial charge in [0.1, 0.15) is 18.1 Å². The molecule has 1 aliphatic carbocycles. The normalized spacial score (nSPS) is 13.5. The minimum absolute atomic E-state index is 0.106. The Hall–Kier alpha value is -4.40. The van der Waals surface area contributed by atoms with Crippen LogP contribution < -0.4 is 19.7 Å². The molecule has 9 nitrogen and oxygen atoms in total. The summed E-state index contributed by atoms with van der Waals surface area (Å²) >= 11 is 0. The van der Waals surface area contributed by atoms with Gasteiger partial charge in [-0.2, -0.15) is 0 Å². The van der Waals surface area contributed by atoms with Gasteiger partial charge < -0.3 is 14.8 Å². The van der Waals surface area contributed by atoms with E-state index in [1.807, 2.05) is 63.2 Å². The largest absolute Gasteiger partial charge is 0.493 e. The van der Waals surface area contributed by atoms with Gasteiger partial charge in [0.2, 0.25) is 11.8 Å². The third-order valence-corrected chi connectivity index (χ3v) is 7.91. The fourth-order valence-corrected chi connectivity index (χ4v) is 5.40. The first kappa shape index (κ1) is 28.1. The second kappa shape index (κ2) is 11.6. The van der Waals surface area contributed by atoms with Crippen LogP contribution in [0, 0.1) is 0 Å². The highest BCUT2D eigenvalue weighted by Gasteiger charge is 2.38. The van der Waals surface area contributed by atoms with Crippen LogP contribution in [-0.4, -0.2) is 46.6 Å². The predicted molar refractivity (Wildman–Crippen MR) is 158 cm³/mol. The maximum atomic E-state index is 14.4. The molecule has 2 amide bonds.